The Morgan fingerprint density at radius 3 is 0.515 bits per heavy atom. The summed E-state index contributed by atoms with van der Waals surface area (Å²) in [6, 6.07) is 0. The van der Waals surface area contributed by atoms with Gasteiger partial charge in [-0.1, -0.05) is 65.2 Å². The van der Waals surface area contributed by atoms with E-state index >= 15 is 0 Å². The Morgan fingerprint density at radius 2 is 0.338 bits per heavy atom. The number of aliphatic hydroxyl groups excluding tert-OH is 1. The largest absolute Gasteiger partial charge is 0.394 e. The monoisotopic (exact) mass is 993 g/mol. The molecule has 1 N–H and O–H groups in total. The molecule has 0 unspecified atom stereocenters. The van der Waals surface area contributed by atoms with Crippen molar-refractivity contribution < 1.29 is 90.4 Å². The quantitative estimate of drug-likeness (QED) is 0.0843. The highest BCUT2D eigenvalue weighted by Crippen LogP contribution is 2.12. The molecule has 0 rings (SSSR count). The smallest absolute Gasteiger partial charge is 0.0701 e. The van der Waals surface area contributed by atoms with Gasteiger partial charge in [0.25, 0.3) is 0 Å². The number of hydrogen-bond donors (Lipinski definition) is 1. The van der Waals surface area contributed by atoms with Crippen LogP contribution in [0.5, 0.6) is 0 Å². The molecule has 0 heterocycles. The van der Waals surface area contributed by atoms with Gasteiger partial charge in [-0.25, -0.2) is 0 Å². The van der Waals surface area contributed by atoms with Gasteiger partial charge in [0.05, 0.1) is 238 Å². The molecule has 0 saturated heterocycles. The summed E-state index contributed by atoms with van der Waals surface area (Å²) in [5, 5.41) is 8.60. The molecule has 0 radical (unpaired) electrons. The number of rotatable bonds is 64. The average Bonchev–Trinajstić information content (AvgIpc) is 3.34. The van der Waals surface area contributed by atoms with E-state index < -0.39 is 0 Å². The lowest BCUT2D eigenvalue weighted by molar-refractivity contribution is -0.0310. The van der Waals surface area contributed by atoms with Crippen LogP contribution in [0.15, 0.2) is 0 Å². The fourth-order valence-corrected chi connectivity index (χ4v) is 5.72. The highest BCUT2D eigenvalue weighted by molar-refractivity contribution is 4.50. The van der Waals surface area contributed by atoms with E-state index in [0.29, 0.717) is 231 Å². The highest BCUT2D eigenvalue weighted by atomic mass is 16.6. The van der Waals surface area contributed by atoms with Crippen LogP contribution < -0.4 is 0 Å². The van der Waals surface area contributed by atoms with Crippen molar-refractivity contribution in [3.8, 4) is 0 Å². The molecule has 0 aliphatic rings. The Kier molecular flexibility index (Phi) is 63.5. The number of ether oxygens (including phenoxy) is 18. The summed E-state index contributed by atoms with van der Waals surface area (Å²) in [6.45, 7) is 23.2. The van der Waals surface area contributed by atoms with Gasteiger partial charge >= 0.3 is 0 Å². The number of hydrogen-bond acceptors (Lipinski definition) is 19. The zero-order valence-corrected chi connectivity index (χ0v) is 42.9. The minimum atomic E-state index is 0.0213. The molecule has 0 saturated carbocycles. The van der Waals surface area contributed by atoms with Crippen molar-refractivity contribution in [1.82, 2.24) is 0 Å². The number of aliphatic hydroxyl groups is 1. The third kappa shape index (κ3) is 65.2. The van der Waals surface area contributed by atoms with Gasteiger partial charge in [-0.15, -0.1) is 0 Å². The highest BCUT2D eigenvalue weighted by Gasteiger charge is 2.00. The lowest BCUT2D eigenvalue weighted by Crippen LogP contribution is -2.16. The molecule has 0 aliphatic carbocycles. The van der Waals surface area contributed by atoms with Crippen LogP contribution in [0.25, 0.3) is 0 Å². The molecule has 19 heteroatoms. The second-order valence-electron chi connectivity index (χ2n) is 15.8. The first kappa shape index (κ1) is 67.2. The van der Waals surface area contributed by atoms with Crippen molar-refractivity contribution >= 4 is 0 Å². The zero-order valence-electron chi connectivity index (χ0n) is 42.9. The summed E-state index contributed by atoms with van der Waals surface area (Å²) in [6.07, 6.45) is 12.0. The molecule has 0 fully saturated rings. The third-order valence-corrected chi connectivity index (χ3v) is 9.38. The lowest BCUT2D eigenvalue weighted by Gasteiger charge is -2.09. The molecule has 19 nitrogen and oxygen atoms in total. The van der Waals surface area contributed by atoms with E-state index in [9.17, 15) is 0 Å². The molecule has 0 atom stereocenters. The topological polar surface area (TPSA) is 186 Å². The first-order valence-corrected chi connectivity index (χ1v) is 25.8. The van der Waals surface area contributed by atoms with E-state index in [1.54, 1.807) is 0 Å². The molecule has 0 aromatic rings. The summed E-state index contributed by atoms with van der Waals surface area (Å²) in [7, 11) is 0. The Bertz CT molecular complexity index is 869. The van der Waals surface area contributed by atoms with Gasteiger partial charge in [0, 0.05) is 6.61 Å². The van der Waals surface area contributed by atoms with E-state index in [2.05, 4.69) is 13.8 Å². The van der Waals surface area contributed by atoms with Crippen LogP contribution in [-0.4, -0.2) is 250 Å². The van der Waals surface area contributed by atoms with Crippen molar-refractivity contribution in [3.05, 3.63) is 0 Å². The zero-order chi connectivity index (χ0) is 48.8. The van der Waals surface area contributed by atoms with E-state index in [1.165, 1.54) is 51.4 Å². The minimum Gasteiger partial charge on any atom is -0.394 e. The van der Waals surface area contributed by atoms with Gasteiger partial charge in [0.2, 0.25) is 0 Å². The molecule has 0 amide bonds. The van der Waals surface area contributed by atoms with Crippen LogP contribution in [0.2, 0.25) is 0 Å². The maximum atomic E-state index is 8.60. The van der Waals surface area contributed by atoms with Gasteiger partial charge in [0.15, 0.2) is 0 Å². The van der Waals surface area contributed by atoms with E-state index in [-0.39, 0.29) is 6.61 Å². The van der Waals surface area contributed by atoms with E-state index in [0.717, 1.165) is 18.9 Å². The molecule has 68 heavy (non-hydrogen) atoms. The number of unbranched alkanes of at least 4 members (excludes halogenated alkanes) is 7. The van der Waals surface area contributed by atoms with Gasteiger partial charge in [-0.05, 0) is 12.3 Å². The van der Waals surface area contributed by atoms with Gasteiger partial charge in [-0.3, -0.25) is 0 Å². The fraction of sp³-hybridized carbons (Fsp3) is 1.00. The SMILES string of the molecule is CC(C)CCCCCCCCCCOCCOCCOCCOCCOCCOCCOCCOCCOCCOCCOCCOCCOCCOCCOCCOCCOCCOCCO. The second kappa shape index (κ2) is 64.3. The van der Waals surface area contributed by atoms with Gasteiger partial charge in [-0.2, -0.15) is 0 Å². The standard InChI is InChI=1S/C49H100O19/c1-49(2)11-9-7-5-3-4-6-8-10-13-51-15-17-53-19-21-55-23-25-57-27-29-59-31-33-61-35-37-63-39-41-65-43-45-67-47-48-68-46-44-66-42-40-64-38-36-62-34-32-60-30-28-58-26-24-56-22-20-54-18-16-52-14-12-50/h49-50H,3-48H2,1-2H3. The lowest BCUT2D eigenvalue weighted by atomic mass is 10.0. The van der Waals surface area contributed by atoms with Crippen LogP contribution in [0.3, 0.4) is 0 Å². The summed E-state index contributed by atoms with van der Waals surface area (Å²) < 4.78 is 98.7. The molecule has 410 valence electrons. The second-order valence-corrected chi connectivity index (χ2v) is 15.8. The van der Waals surface area contributed by atoms with Crippen molar-refractivity contribution in [2.24, 2.45) is 5.92 Å². The van der Waals surface area contributed by atoms with Crippen LogP contribution in [0.4, 0.5) is 0 Å². The predicted octanol–water partition coefficient (Wildman–Crippen LogP) is 4.44. The van der Waals surface area contributed by atoms with Crippen LogP contribution in [0, 0.1) is 5.92 Å². The van der Waals surface area contributed by atoms with Gasteiger partial charge in [0.1, 0.15) is 0 Å². The molecule has 0 aromatic heterocycles. The van der Waals surface area contributed by atoms with E-state index in [4.69, 9.17) is 90.4 Å². The molecular formula is C49H100O19. The first-order chi connectivity index (χ1) is 33.8. The average molecular weight is 993 g/mol. The maximum absolute atomic E-state index is 8.60. The summed E-state index contributed by atoms with van der Waals surface area (Å²) >= 11 is 0. The van der Waals surface area contributed by atoms with Crippen molar-refractivity contribution in [2.45, 2.75) is 71.6 Å². The summed E-state index contributed by atoms with van der Waals surface area (Å²) in [4.78, 5) is 0. The molecular weight excluding hydrogens is 893 g/mol. The molecule has 0 bridgehead atoms. The van der Waals surface area contributed by atoms with E-state index in [1.807, 2.05) is 0 Å². The maximum Gasteiger partial charge on any atom is 0.0701 e. The predicted molar refractivity (Wildman–Crippen MR) is 258 cm³/mol. The molecule has 0 aliphatic heterocycles. The molecule has 0 spiro atoms. The van der Waals surface area contributed by atoms with Gasteiger partial charge < -0.3 is 90.4 Å². The van der Waals surface area contributed by atoms with Crippen LogP contribution in [-0.2, 0) is 85.3 Å². The first-order valence-electron chi connectivity index (χ1n) is 25.8. The van der Waals surface area contributed by atoms with Crippen molar-refractivity contribution in [2.75, 3.05) is 244 Å². The molecule has 0 aromatic carbocycles. The van der Waals surface area contributed by atoms with Crippen LogP contribution >= 0.6 is 0 Å². The summed E-state index contributed by atoms with van der Waals surface area (Å²) in [5.74, 6) is 0.841. The van der Waals surface area contributed by atoms with Crippen LogP contribution in [0.1, 0.15) is 71.6 Å². The minimum absolute atomic E-state index is 0.0213. The summed E-state index contributed by atoms with van der Waals surface area (Å²) in [5.41, 5.74) is 0. The Morgan fingerprint density at radius 1 is 0.191 bits per heavy atom. The van der Waals surface area contributed by atoms with Crippen molar-refractivity contribution in [3.63, 3.8) is 0 Å². The Balaban J connectivity index is 3.07. The third-order valence-electron chi connectivity index (χ3n) is 9.38. The normalized spacial score (nSPS) is 11.8. The Hall–Kier alpha value is -0.760. The Labute approximate surface area is 411 Å². The fourth-order valence-electron chi connectivity index (χ4n) is 5.72. The van der Waals surface area contributed by atoms with Crippen molar-refractivity contribution in [1.29, 1.82) is 0 Å².